The van der Waals surface area contributed by atoms with Gasteiger partial charge in [-0.2, -0.15) is 0 Å². The summed E-state index contributed by atoms with van der Waals surface area (Å²) in [5, 5.41) is 3.29. The fraction of sp³-hybridized carbons (Fsp3) is 0.288. The van der Waals surface area contributed by atoms with Crippen molar-refractivity contribution < 1.29 is 27.3 Å². The maximum atomic E-state index is 8.69. The Bertz CT molecular complexity index is 3160. The van der Waals surface area contributed by atoms with Gasteiger partial charge in [0, 0.05) is 40.1 Å². The van der Waals surface area contributed by atoms with E-state index in [0.29, 0.717) is 11.8 Å². The molecule has 0 fully saturated rings. The number of hydrogen-bond acceptors (Lipinski definition) is 3. The Kier molecular flexibility index (Phi) is 13.2. The van der Waals surface area contributed by atoms with Gasteiger partial charge >= 0.3 is 0 Å². The Balaban J connectivity index is 0.000000216. The van der Waals surface area contributed by atoms with Gasteiger partial charge in [-0.25, -0.2) is 0 Å². The summed E-state index contributed by atoms with van der Waals surface area (Å²) < 4.78 is 26.2. The maximum Gasteiger partial charge on any atom is 0.120 e. The number of benzene rings is 6. The summed E-state index contributed by atoms with van der Waals surface area (Å²) in [7, 11) is -1.71. The van der Waals surface area contributed by atoms with Crippen LogP contribution in [-0.4, -0.2) is 22.6 Å². The van der Waals surface area contributed by atoms with Gasteiger partial charge in [0.2, 0.25) is 0 Å². The quantitative estimate of drug-likeness (QED) is 0.107. The van der Waals surface area contributed by atoms with Gasteiger partial charge in [-0.05, 0) is 93.0 Å². The second kappa shape index (κ2) is 19.2. The summed E-state index contributed by atoms with van der Waals surface area (Å²) in [6.45, 7) is 26.3. The molecule has 335 valence electrons. The molecule has 3 aromatic heterocycles. The van der Waals surface area contributed by atoms with Crippen LogP contribution in [0.5, 0.6) is 0 Å². The number of rotatable bonds is 9. The SMILES string of the molecule is CC(C)c1cc(-c2ccccc2)cc(C(C)C)c1-n1c(-c2[c-]ccc3c2oc2ccccc23)nc2ccccc21.[2H]C([2H])(c1cc(-c2[c-]ccc(C(C)(C)C)c2)ncc1[Si](C)(C)C)C(C)C.[Ir]. The van der Waals surface area contributed by atoms with Gasteiger partial charge in [-0.1, -0.05) is 165 Å². The van der Waals surface area contributed by atoms with E-state index in [0.717, 1.165) is 66.4 Å². The van der Waals surface area contributed by atoms with E-state index in [-0.39, 0.29) is 31.4 Å². The third kappa shape index (κ3) is 9.92. The van der Waals surface area contributed by atoms with E-state index in [4.69, 9.17) is 17.1 Å². The molecule has 0 bridgehead atoms. The number of fused-ring (bicyclic) bond motifs is 4. The van der Waals surface area contributed by atoms with Crippen molar-refractivity contribution in [2.75, 3.05) is 0 Å². The normalized spacial score (nSPS) is 12.7. The third-order valence-corrected chi connectivity index (χ3v) is 14.0. The van der Waals surface area contributed by atoms with Crippen LogP contribution < -0.4 is 5.19 Å². The average Bonchev–Trinajstić information content (AvgIpc) is 3.87. The number of pyridine rings is 1. The largest absolute Gasteiger partial charge is 0.501 e. The Morgan fingerprint density at radius 1 is 0.723 bits per heavy atom. The van der Waals surface area contributed by atoms with Crippen LogP contribution in [0.25, 0.3) is 72.4 Å². The first-order valence-electron chi connectivity index (χ1n) is 23.8. The van der Waals surface area contributed by atoms with Gasteiger partial charge in [-0.15, -0.1) is 53.6 Å². The number of imidazole rings is 1. The first-order chi connectivity index (χ1) is 31.3. The first kappa shape index (κ1) is 44.8. The van der Waals surface area contributed by atoms with Crippen molar-refractivity contribution >= 4 is 46.2 Å². The van der Waals surface area contributed by atoms with Crippen LogP contribution in [0, 0.1) is 18.1 Å². The number of para-hydroxylation sites is 3. The summed E-state index contributed by atoms with van der Waals surface area (Å²) in [5.41, 5.74) is 14.7. The van der Waals surface area contributed by atoms with E-state index in [1.54, 1.807) is 0 Å². The molecule has 4 nitrogen and oxygen atoms in total. The summed E-state index contributed by atoms with van der Waals surface area (Å²) >= 11 is 0. The fourth-order valence-corrected chi connectivity index (χ4v) is 10.0. The van der Waals surface area contributed by atoms with Gasteiger partial charge in [0.25, 0.3) is 0 Å². The van der Waals surface area contributed by atoms with E-state index in [9.17, 15) is 0 Å². The Hall–Kier alpha value is -5.39. The third-order valence-electron chi connectivity index (χ3n) is 12.0. The number of nitrogens with zero attached hydrogens (tertiary/aromatic N) is 3. The van der Waals surface area contributed by atoms with Crippen molar-refractivity contribution in [1.29, 1.82) is 0 Å². The number of furan rings is 1. The molecule has 9 rings (SSSR count). The van der Waals surface area contributed by atoms with Crippen LogP contribution in [0.1, 0.15) is 99.1 Å². The zero-order valence-electron chi connectivity index (χ0n) is 42.0. The van der Waals surface area contributed by atoms with Crippen molar-refractivity contribution in [3.05, 3.63) is 168 Å². The minimum atomic E-state index is -1.71. The molecule has 0 spiro atoms. The van der Waals surface area contributed by atoms with Crippen LogP contribution in [0.3, 0.4) is 0 Å². The summed E-state index contributed by atoms with van der Waals surface area (Å²) in [6, 6.07) is 51.1. The summed E-state index contributed by atoms with van der Waals surface area (Å²) in [5.74, 6) is 1.35. The van der Waals surface area contributed by atoms with Crippen molar-refractivity contribution in [1.82, 2.24) is 14.5 Å². The van der Waals surface area contributed by atoms with E-state index >= 15 is 0 Å². The molecule has 0 atom stereocenters. The molecule has 6 aromatic carbocycles. The molecular weight excluding hydrogens is 987 g/mol. The molecule has 0 aliphatic carbocycles. The molecule has 0 aliphatic rings. The minimum Gasteiger partial charge on any atom is -0.501 e. The Morgan fingerprint density at radius 2 is 1.37 bits per heavy atom. The molecule has 0 N–H and O–H groups in total. The predicted molar refractivity (Wildman–Crippen MR) is 275 cm³/mol. The van der Waals surface area contributed by atoms with Crippen molar-refractivity contribution in [2.24, 2.45) is 5.92 Å². The average molecular weight is 1050 g/mol. The second-order valence-electron chi connectivity index (χ2n) is 20.0. The van der Waals surface area contributed by atoms with E-state index in [1.807, 2.05) is 50.4 Å². The molecule has 9 aromatic rings. The molecule has 0 saturated heterocycles. The van der Waals surface area contributed by atoms with Crippen molar-refractivity contribution in [3.8, 4) is 39.5 Å². The van der Waals surface area contributed by atoms with Crippen molar-refractivity contribution in [3.63, 3.8) is 0 Å². The second-order valence-corrected chi connectivity index (χ2v) is 25.1. The zero-order valence-corrected chi connectivity index (χ0v) is 43.4. The first-order valence-corrected chi connectivity index (χ1v) is 26.3. The number of aromatic nitrogens is 3. The fourth-order valence-electron chi connectivity index (χ4n) is 8.60. The van der Waals surface area contributed by atoms with Gasteiger partial charge < -0.3 is 14.0 Å². The smallest absolute Gasteiger partial charge is 0.120 e. The van der Waals surface area contributed by atoms with Crippen LogP contribution in [0.15, 0.2) is 138 Å². The molecule has 0 saturated carbocycles. The maximum absolute atomic E-state index is 8.69. The number of hydrogen-bond donors (Lipinski definition) is 0. The van der Waals surface area contributed by atoms with Gasteiger partial charge in [0.05, 0.1) is 30.5 Å². The van der Waals surface area contributed by atoms with Crippen molar-refractivity contribution in [2.45, 2.75) is 106 Å². The molecule has 3 heterocycles. The van der Waals surface area contributed by atoms with E-state index in [2.05, 4.69) is 182 Å². The molecule has 0 amide bonds. The predicted octanol–water partition coefficient (Wildman–Crippen LogP) is 15.9. The minimum absolute atomic E-state index is 0. The Labute approximate surface area is 404 Å². The van der Waals surface area contributed by atoms with E-state index in [1.165, 1.54) is 33.5 Å². The van der Waals surface area contributed by atoms with Crippen LogP contribution in [0.4, 0.5) is 0 Å². The van der Waals surface area contributed by atoms with Gasteiger partial charge in [0.15, 0.2) is 0 Å². The molecule has 0 unspecified atom stereocenters. The van der Waals surface area contributed by atoms with Crippen LogP contribution in [0.2, 0.25) is 19.6 Å². The van der Waals surface area contributed by atoms with E-state index < -0.39 is 14.4 Å². The topological polar surface area (TPSA) is 43.9 Å². The Morgan fingerprint density at radius 3 is 2.03 bits per heavy atom. The molecule has 0 aliphatic heterocycles. The molecule has 1 radical (unpaired) electrons. The summed E-state index contributed by atoms with van der Waals surface area (Å²) in [6.07, 6.45) is 0.531. The molecular formula is C59H63IrN3OSi-2. The monoisotopic (exact) mass is 1050 g/mol. The van der Waals surface area contributed by atoms with Crippen LogP contribution in [-0.2, 0) is 31.9 Å². The van der Waals surface area contributed by atoms with Gasteiger partial charge in [0.1, 0.15) is 5.58 Å². The molecule has 65 heavy (non-hydrogen) atoms. The molecule has 6 heteroatoms. The standard InChI is InChI=1S/C37H31N2O.C22H32NSi.Ir/c1-23(2)30-21-26(25-13-6-5-7-14-25)22-31(24(3)4)35(30)39-33-19-10-9-18-32(33)38-37(39)29-17-12-16-28-27-15-8-11-20-34(27)40-36(28)29;1-16(2)12-18-14-20(23-15-21(18)24(6,7)8)17-10-9-11-19(13-17)22(3,4)5;/h5-16,18-24H,1-4H3;9,11,13-16H,12H2,1-8H3;/q2*-1;/i;12D2;. The van der Waals surface area contributed by atoms with Gasteiger partial charge in [-0.3, -0.25) is 4.98 Å². The van der Waals surface area contributed by atoms with Crippen LogP contribution >= 0.6 is 0 Å². The zero-order chi connectivity index (χ0) is 47.3. The summed E-state index contributed by atoms with van der Waals surface area (Å²) in [4.78, 5) is 9.94.